The summed E-state index contributed by atoms with van der Waals surface area (Å²) in [5.41, 5.74) is 2.17. The molecule has 9 heteroatoms. The number of hydrogen-bond acceptors (Lipinski definition) is 4. The number of carbonyl (C=O) groups is 2. The van der Waals surface area contributed by atoms with E-state index in [-0.39, 0.29) is 43.6 Å². The Balaban J connectivity index is 2.18. The molecule has 0 aliphatic carbocycles. The molecule has 2 rings (SSSR count). The second kappa shape index (κ2) is 11.8. The quantitative estimate of drug-likeness (QED) is 0.538. The molecule has 0 fully saturated rings. The highest BCUT2D eigenvalue weighted by Gasteiger charge is 2.28. The van der Waals surface area contributed by atoms with Crippen LogP contribution in [0.25, 0.3) is 0 Å². The number of amides is 2. The van der Waals surface area contributed by atoms with Crippen LogP contribution in [0.15, 0.2) is 48.5 Å². The third kappa shape index (κ3) is 7.56. The van der Waals surface area contributed by atoms with Gasteiger partial charge in [0.1, 0.15) is 11.9 Å². The summed E-state index contributed by atoms with van der Waals surface area (Å²) in [6.45, 7) is 3.98. The lowest BCUT2D eigenvalue weighted by Crippen LogP contribution is -2.48. The minimum absolute atomic E-state index is 0.0620. The van der Waals surface area contributed by atoms with Crippen LogP contribution < -0.4 is 9.62 Å². The molecule has 7 nitrogen and oxygen atoms in total. The lowest BCUT2D eigenvalue weighted by atomic mass is 10.1. The molecule has 2 amide bonds. The Morgan fingerprint density at radius 1 is 1.12 bits per heavy atom. The number of nitrogens with one attached hydrogen (secondary N) is 1. The van der Waals surface area contributed by atoms with E-state index in [4.69, 9.17) is 0 Å². The fourth-order valence-electron chi connectivity index (χ4n) is 3.66. The number of nitrogens with zero attached hydrogens (tertiary/aromatic N) is 2. The highest BCUT2D eigenvalue weighted by molar-refractivity contribution is 7.92. The molecular weight excluding hydrogens is 445 g/mol. The maximum absolute atomic E-state index is 13.3. The number of sulfonamides is 1. The Morgan fingerprint density at radius 3 is 2.33 bits per heavy atom. The minimum Gasteiger partial charge on any atom is -0.357 e. The van der Waals surface area contributed by atoms with Crippen LogP contribution in [-0.2, 0) is 26.2 Å². The number of likely N-dealkylation sites (N-methyl/N-ethyl adjacent to an activating group) is 1. The van der Waals surface area contributed by atoms with E-state index in [0.717, 1.165) is 11.8 Å². The molecule has 0 aliphatic rings. The van der Waals surface area contributed by atoms with E-state index in [1.807, 2.05) is 19.9 Å². The first-order valence-electron chi connectivity index (χ1n) is 10.9. The van der Waals surface area contributed by atoms with E-state index in [1.165, 1.54) is 28.4 Å². The standard InChI is InChI=1S/C24H32FN3O4S/c1-5-22(24(30)26-3)27(17-19-11-13-20(25)14-12-19)23(29)10-7-15-28(33(4,31)32)21-9-6-8-18(2)16-21/h6,8-9,11-14,16,22H,5,7,10,15,17H2,1-4H3,(H,26,30)/t22-/m0/s1. The van der Waals surface area contributed by atoms with Crippen LogP contribution in [0, 0.1) is 12.7 Å². The zero-order valence-corrected chi connectivity index (χ0v) is 20.4. The minimum atomic E-state index is -3.54. The smallest absolute Gasteiger partial charge is 0.242 e. The van der Waals surface area contributed by atoms with Gasteiger partial charge in [0.25, 0.3) is 0 Å². The van der Waals surface area contributed by atoms with Crippen LogP contribution in [0.2, 0.25) is 0 Å². The lowest BCUT2D eigenvalue weighted by Gasteiger charge is -2.30. The van der Waals surface area contributed by atoms with Gasteiger partial charge in [0.05, 0.1) is 11.9 Å². The van der Waals surface area contributed by atoms with Crippen LogP contribution >= 0.6 is 0 Å². The van der Waals surface area contributed by atoms with Gasteiger partial charge in [-0.05, 0) is 55.2 Å². The molecule has 0 aliphatic heterocycles. The molecule has 1 N–H and O–H groups in total. The van der Waals surface area contributed by atoms with E-state index in [9.17, 15) is 22.4 Å². The van der Waals surface area contributed by atoms with E-state index < -0.39 is 16.1 Å². The SMILES string of the molecule is CC[C@@H](C(=O)NC)N(Cc1ccc(F)cc1)C(=O)CCCN(c1cccc(C)c1)S(C)(=O)=O. The average Bonchev–Trinajstić information content (AvgIpc) is 2.76. The van der Waals surface area contributed by atoms with Gasteiger partial charge in [0.15, 0.2) is 0 Å². The Bertz CT molecular complexity index is 1060. The number of hydrogen-bond donors (Lipinski definition) is 1. The molecule has 33 heavy (non-hydrogen) atoms. The van der Waals surface area contributed by atoms with Crippen molar-refractivity contribution in [3.63, 3.8) is 0 Å². The zero-order chi connectivity index (χ0) is 24.6. The highest BCUT2D eigenvalue weighted by Crippen LogP contribution is 2.20. The zero-order valence-electron chi connectivity index (χ0n) is 19.5. The van der Waals surface area contributed by atoms with Gasteiger partial charge in [-0.25, -0.2) is 12.8 Å². The van der Waals surface area contributed by atoms with Crippen molar-refractivity contribution in [3.8, 4) is 0 Å². The summed E-state index contributed by atoms with van der Waals surface area (Å²) in [5.74, 6) is -0.940. The summed E-state index contributed by atoms with van der Waals surface area (Å²) in [7, 11) is -2.02. The van der Waals surface area contributed by atoms with Crippen LogP contribution in [0.4, 0.5) is 10.1 Å². The fourth-order valence-corrected chi connectivity index (χ4v) is 4.62. The molecule has 0 aromatic heterocycles. The van der Waals surface area contributed by atoms with Gasteiger partial charge in [-0.2, -0.15) is 0 Å². The first kappa shape index (κ1) is 26.3. The summed E-state index contributed by atoms with van der Waals surface area (Å²) in [6.07, 6.45) is 1.89. The monoisotopic (exact) mass is 477 g/mol. The Morgan fingerprint density at radius 2 is 1.79 bits per heavy atom. The molecule has 0 saturated carbocycles. The van der Waals surface area contributed by atoms with Gasteiger partial charge in [0.2, 0.25) is 21.8 Å². The number of carbonyl (C=O) groups excluding carboxylic acids is 2. The number of halogens is 1. The molecule has 0 spiro atoms. The molecule has 0 radical (unpaired) electrons. The van der Waals surface area contributed by atoms with Gasteiger partial charge in [-0.1, -0.05) is 31.2 Å². The first-order valence-corrected chi connectivity index (χ1v) is 12.7. The predicted molar refractivity (Wildman–Crippen MR) is 128 cm³/mol. The number of rotatable bonds is 11. The largest absolute Gasteiger partial charge is 0.357 e. The van der Waals surface area contributed by atoms with Gasteiger partial charge in [0, 0.05) is 26.6 Å². The second-order valence-electron chi connectivity index (χ2n) is 7.96. The normalized spacial score (nSPS) is 12.2. The number of aryl methyl sites for hydroxylation is 1. The number of benzene rings is 2. The van der Waals surface area contributed by atoms with Gasteiger partial charge >= 0.3 is 0 Å². The number of anilines is 1. The van der Waals surface area contributed by atoms with Crippen molar-refractivity contribution >= 4 is 27.5 Å². The van der Waals surface area contributed by atoms with Crippen molar-refractivity contribution in [1.29, 1.82) is 0 Å². The molecular formula is C24H32FN3O4S. The summed E-state index contributed by atoms with van der Waals surface area (Å²) in [4.78, 5) is 27.0. The molecule has 0 unspecified atom stereocenters. The van der Waals surface area contributed by atoms with E-state index >= 15 is 0 Å². The molecule has 2 aromatic carbocycles. The predicted octanol–water partition coefficient (Wildman–Crippen LogP) is 3.23. The summed E-state index contributed by atoms with van der Waals surface area (Å²) < 4.78 is 39.3. The van der Waals surface area contributed by atoms with Crippen molar-refractivity contribution in [2.45, 2.75) is 45.7 Å². The molecule has 0 saturated heterocycles. The Hall–Kier alpha value is -2.94. The third-order valence-electron chi connectivity index (χ3n) is 5.34. The lowest BCUT2D eigenvalue weighted by molar-refractivity contribution is -0.141. The molecule has 0 bridgehead atoms. The maximum Gasteiger partial charge on any atom is 0.242 e. The second-order valence-corrected chi connectivity index (χ2v) is 9.87. The van der Waals surface area contributed by atoms with Crippen molar-refractivity contribution in [3.05, 3.63) is 65.5 Å². The molecule has 1 atom stereocenters. The summed E-state index contributed by atoms with van der Waals surface area (Å²) >= 11 is 0. The van der Waals surface area contributed by atoms with Crippen LogP contribution in [0.1, 0.15) is 37.3 Å². The van der Waals surface area contributed by atoms with Crippen molar-refractivity contribution < 1.29 is 22.4 Å². The van der Waals surface area contributed by atoms with Gasteiger partial charge in [-0.3, -0.25) is 13.9 Å². The van der Waals surface area contributed by atoms with Crippen molar-refractivity contribution in [1.82, 2.24) is 10.2 Å². The van der Waals surface area contributed by atoms with E-state index in [0.29, 0.717) is 17.7 Å². The first-order chi connectivity index (χ1) is 15.6. The third-order valence-corrected chi connectivity index (χ3v) is 6.53. The van der Waals surface area contributed by atoms with Crippen LogP contribution in [0.3, 0.4) is 0 Å². The fraction of sp³-hybridized carbons (Fsp3) is 0.417. The van der Waals surface area contributed by atoms with Crippen LogP contribution in [-0.4, -0.2) is 51.0 Å². The Labute approximate surface area is 195 Å². The van der Waals surface area contributed by atoms with Crippen molar-refractivity contribution in [2.24, 2.45) is 0 Å². The topological polar surface area (TPSA) is 86.8 Å². The molecule has 180 valence electrons. The van der Waals surface area contributed by atoms with Crippen LogP contribution in [0.5, 0.6) is 0 Å². The highest BCUT2D eigenvalue weighted by atomic mass is 32.2. The summed E-state index contributed by atoms with van der Waals surface area (Å²) in [6, 6.07) is 12.3. The summed E-state index contributed by atoms with van der Waals surface area (Å²) in [5, 5.41) is 2.59. The van der Waals surface area contributed by atoms with E-state index in [2.05, 4.69) is 5.32 Å². The van der Waals surface area contributed by atoms with E-state index in [1.54, 1.807) is 30.3 Å². The molecule has 0 heterocycles. The maximum atomic E-state index is 13.3. The Kier molecular flexibility index (Phi) is 9.40. The molecule has 2 aromatic rings. The van der Waals surface area contributed by atoms with Gasteiger partial charge in [-0.15, -0.1) is 0 Å². The van der Waals surface area contributed by atoms with Gasteiger partial charge < -0.3 is 10.2 Å². The van der Waals surface area contributed by atoms with Crippen molar-refractivity contribution in [2.75, 3.05) is 24.2 Å². The average molecular weight is 478 g/mol.